The number of nitrogens with one attached hydrogen (secondary N) is 2. The lowest BCUT2D eigenvalue weighted by molar-refractivity contribution is 0.0238. The molecule has 1 amide bonds. The summed E-state index contributed by atoms with van der Waals surface area (Å²) in [6, 6.07) is 0.878. The first kappa shape index (κ1) is 21.3. The molecule has 0 aliphatic heterocycles. The molecule has 2 N–H and O–H groups in total. The summed E-state index contributed by atoms with van der Waals surface area (Å²) in [6.45, 7) is 7.04. The summed E-state index contributed by atoms with van der Waals surface area (Å²) in [5.74, 6) is 0.830. The fourth-order valence-corrected chi connectivity index (χ4v) is 2.88. The number of hydrogen-bond acceptors (Lipinski definition) is 3. The van der Waals surface area contributed by atoms with Crippen LogP contribution < -0.4 is 10.6 Å². The van der Waals surface area contributed by atoms with Gasteiger partial charge < -0.3 is 20.3 Å². The fourth-order valence-electron chi connectivity index (χ4n) is 2.88. The molecular weight excluding hydrogens is 419 g/mol. The normalized spacial score (nSPS) is 18.8. The smallest absolute Gasteiger partial charge is 0.410 e. The van der Waals surface area contributed by atoms with Gasteiger partial charge in [0.15, 0.2) is 5.96 Å². The van der Waals surface area contributed by atoms with Crippen LogP contribution in [0, 0.1) is 0 Å². The molecule has 0 aromatic heterocycles. The van der Waals surface area contributed by atoms with Gasteiger partial charge in [0.1, 0.15) is 5.60 Å². The predicted octanol–water partition coefficient (Wildman–Crippen LogP) is 3.11. The molecule has 24 heavy (non-hydrogen) atoms. The molecule has 0 bridgehead atoms. The van der Waals surface area contributed by atoms with E-state index in [-0.39, 0.29) is 30.1 Å². The average Bonchev–Trinajstić information content (AvgIpc) is 3.16. The van der Waals surface area contributed by atoms with Gasteiger partial charge in [0.25, 0.3) is 0 Å². The van der Waals surface area contributed by atoms with Gasteiger partial charge in [0.2, 0.25) is 0 Å². The second-order valence-corrected chi connectivity index (χ2v) is 7.53. The van der Waals surface area contributed by atoms with Gasteiger partial charge in [-0.3, -0.25) is 4.99 Å². The SMILES string of the molecule is CN=C(NCCN(C(=O)OC(C)(C)C)C1CC1)NC1CCCC1.I. The van der Waals surface area contributed by atoms with Gasteiger partial charge in [-0.15, -0.1) is 24.0 Å². The van der Waals surface area contributed by atoms with E-state index >= 15 is 0 Å². The maximum Gasteiger partial charge on any atom is 0.410 e. The van der Waals surface area contributed by atoms with Gasteiger partial charge in [-0.1, -0.05) is 12.8 Å². The number of aliphatic imine (C=N–C) groups is 1. The van der Waals surface area contributed by atoms with Crippen molar-refractivity contribution in [3.05, 3.63) is 0 Å². The largest absolute Gasteiger partial charge is 0.444 e. The minimum absolute atomic E-state index is 0. The minimum atomic E-state index is -0.447. The van der Waals surface area contributed by atoms with Gasteiger partial charge in [-0.2, -0.15) is 0 Å². The van der Waals surface area contributed by atoms with Crippen molar-refractivity contribution < 1.29 is 9.53 Å². The van der Waals surface area contributed by atoms with Crippen molar-refractivity contribution in [3.63, 3.8) is 0 Å². The van der Waals surface area contributed by atoms with Crippen molar-refractivity contribution in [1.82, 2.24) is 15.5 Å². The average molecular weight is 452 g/mol. The molecule has 2 saturated carbocycles. The highest BCUT2D eigenvalue weighted by Crippen LogP contribution is 2.28. The molecule has 0 atom stereocenters. The number of guanidine groups is 1. The second kappa shape index (κ2) is 9.68. The quantitative estimate of drug-likeness (QED) is 0.382. The van der Waals surface area contributed by atoms with Gasteiger partial charge in [-0.05, 0) is 46.5 Å². The van der Waals surface area contributed by atoms with E-state index in [4.69, 9.17) is 4.74 Å². The Balaban J connectivity index is 0.00000288. The number of carbonyl (C=O) groups excluding carboxylic acids is 1. The molecule has 2 rings (SSSR count). The molecule has 2 aliphatic carbocycles. The number of nitrogens with zero attached hydrogens (tertiary/aromatic N) is 2. The van der Waals surface area contributed by atoms with E-state index in [9.17, 15) is 4.79 Å². The van der Waals surface area contributed by atoms with Gasteiger partial charge >= 0.3 is 6.09 Å². The number of halogens is 1. The molecule has 7 heteroatoms. The monoisotopic (exact) mass is 452 g/mol. The molecule has 0 aromatic carbocycles. The highest BCUT2D eigenvalue weighted by atomic mass is 127. The zero-order chi connectivity index (χ0) is 16.9. The van der Waals surface area contributed by atoms with Gasteiger partial charge in [0, 0.05) is 32.2 Å². The fraction of sp³-hybridized carbons (Fsp3) is 0.882. The molecule has 0 aromatic rings. The van der Waals surface area contributed by atoms with Crippen molar-refractivity contribution in [2.45, 2.75) is 77.0 Å². The third kappa shape index (κ3) is 7.44. The zero-order valence-corrected chi connectivity index (χ0v) is 17.8. The molecule has 0 heterocycles. The Labute approximate surface area is 163 Å². The molecule has 0 saturated heterocycles. The van der Waals surface area contributed by atoms with Crippen LogP contribution in [0.3, 0.4) is 0 Å². The molecule has 6 nitrogen and oxygen atoms in total. The Morgan fingerprint density at radius 3 is 2.33 bits per heavy atom. The Hall–Kier alpha value is -0.730. The van der Waals surface area contributed by atoms with Crippen molar-refractivity contribution in [2.75, 3.05) is 20.1 Å². The van der Waals surface area contributed by atoms with E-state index in [1.807, 2.05) is 25.7 Å². The van der Waals surface area contributed by atoms with Crippen LogP contribution >= 0.6 is 24.0 Å². The van der Waals surface area contributed by atoms with Crippen LogP contribution in [0.2, 0.25) is 0 Å². The van der Waals surface area contributed by atoms with E-state index in [0.717, 1.165) is 18.8 Å². The standard InChI is InChI=1S/C17H32N4O2.HI/c1-17(2,3)23-16(22)21(14-9-10-14)12-11-19-15(18-4)20-13-7-5-6-8-13;/h13-14H,5-12H2,1-4H3,(H2,18,19,20);1H. The molecule has 0 unspecified atom stereocenters. The molecule has 0 radical (unpaired) electrons. The van der Waals surface area contributed by atoms with E-state index in [0.29, 0.717) is 25.2 Å². The van der Waals surface area contributed by atoms with Crippen molar-refractivity contribution in [2.24, 2.45) is 4.99 Å². The molecule has 2 aliphatic rings. The molecule has 2 fully saturated rings. The second-order valence-electron chi connectivity index (χ2n) is 7.53. The van der Waals surface area contributed by atoms with Crippen LogP contribution in [0.5, 0.6) is 0 Å². The van der Waals surface area contributed by atoms with E-state index in [2.05, 4.69) is 15.6 Å². The predicted molar refractivity (Wildman–Crippen MR) is 108 cm³/mol. The number of rotatable bonds is 5. The highest BCUT2D eigenvalue weighted by molar-refractivity contribution is 14.0. The lowest BCUT2D eigenvalue weighted by atomic mass is 10.2. The van der Waals surface area contributed by atoms with Gasteiger partial charge in [-0.25, -0.2) is 4.79 Å². The number of ether oxygens (including phenoxy) is 1. The topological polar surface area (TPSA) is 66.0 Å². The number of hydrogen-bond donors (Lipinski definition) is 2. The third-order valence-corrected chi connectivity index (χ3v) is 4.18. The Kier molecular flexibility index (Phi) is 8.59. The summed E-state index contributed by atoms with van der Waals surface area (Å²) in [7, 11) is 1.79. The number of amides is 1. The lowest BCUT2D eigenvalue weighted by Crippen LogP contribution is -2.47. The summed E-state index contributed by atoms with van der Waals surface area (Å²) in [4.78, 5) is 18.4. The Morgan fingerprint density at radius 2 is 1.83 bits per heavy atom. The first-order valence-electron chi connectivity index (χ1n) is 8.86. The summed E-state index contributed by atoms with van der Waals surface area (Å²) >= 11 is 0. The summed E-state index contributed by atoms with van der Waals surface area (Å²) in [5.41, 5.74) is -0.447. The molecule has 0 spiro atoms. The third-order valence-electron chi connectivity index (χ3n) is 4.18. The molecular formula is C17H33IN4O2. The van der Waals surface area contributed by atoms with E-state index in [1.165, 1.54) is 25.7 Å². The Morgan fingerprint density at radius 1 is 1.21 bits per heavy atom. The highest BCUT2D eigenvalue weighted by Gasteiger charge is 2.34. The van der Waals surface area contributed by atoms with Crippen LogP contribution in [0.15, 0.2) is 4.99 Å². The van der Waals surface area contributed by atoms with Crippen LogP contribution in [-0.4, -0.2) is 54.8 Å². The van der Waals surface area contributed by atoms with Crippen molar-refractivity contribution in [1.29, 1.82) is 0 Å². The van der Waals surface area contributed by atoms with Crippen molar-refractivity contribution in [3.8, 4) is 0 Å². The van der Waals surface area contributed by atoms with Crippen LogP contribution in [0.25, 0.3) is 0 Å². The summed E-state index contributed by atoms with van der Waals surface area (Å²) in [5, 5.41) is 6.77. The Bertz CT molecular complexity index is 427. The zero-order valence-electron chi connectivity index (χ0n) is 15.4. The summed E-state index contributed by atoms with van der Waals surface area (Å²) in [6.07, 6.45) is 6.97. The van der Waals surface area contributed by atoms with Gasteiger partial charge in [0.05, 0.1) is 0 Å². The van der Waals surface area contributed by atoms with Crippen LogP contribution in [0.1, 0.15) is 59.3 Å². The summed E-state index contributed by atoms with van der Waals surface area (Å²) < 4.78 is 5.51. The lowest BCUT2D eigenvalue weighted by Gasteiger charge is -2.28. The maximum absolute atomic E-state index is 12.3. The maximum atomic E-state index is 12.3. The van der Waals surface area contributed by atoms with E-state index in [1.54, 1.807) is 7.05 Å². The van der Waals surface area contributed by atoms with Crippen molar-refractivity contribution >= 4 is 36.0 Å². The van der Waals surface area contributed by atoms with Crippen LogP contribution in [-0.2, 0) is 4.74 Å². The first-order chi connectivity index (χ1) is 10.9. The molecule has 140 valence electrons. The number of carbonyl (C=O) groups is 1. The minimum Gasteiger partial charge on any atom is -0.444 e. The van der Waals surface area contributed by atoms with Crippen LogP contribution in [0.4, 0.5) is 4.79 Å². The first-order valence-corrected chi connectivity index (χ1v) is 8.86. The van der Waals surface area contributed by atoms with E-state index < -0.39 is 5.60 Å².